The zero-order valence-electron chi connectivity index (χ0n) is 12.2. The minimum absolute atomic E-state index is 0.267. The van der Waals surface area contributed by atoms with E-state index >= 15 is 0 Å². The van der Waals surface area contributed by atoms with E-state index in [0.717, 1.165) is 17.6 Å². The van der Waals surface area contributed by atoms with Gasteiger partial charge in [0.1, 0.15) is 18.1 Å². The lowest BCUT2D eigenvalue weighted by atomic mass is 10.0. The predicted molar refractivity (Wildman–Crippen MR) is 77.8 cm³/mol. The molecule has 20 heavy (non-hydrogen) atoms. The van der Waals surface area contributed by atoms with Crippen LogP contribution in [0.4, 0.5) is 0 Å². The summed E-state index contributed by atoms with van der Waals surface area (Å²) < 4.78 is 16.2. The van der Waals surface area contributed by atoms with Crippen molar-refractivity contribution in [1.29, 1.82) is 0 Å². The van der Waals surface area contributed by atoms with Crippen LogP contribution in [-0.4, -0.2) is 32.7 Å². The van der Waals surface area contributed by atoms with E-state index < -0.39 is 0 Å². The number of carbonyl (C=O) groups is 1. The summed E-state index contributed by atoms with van der Waals surface area (Å²) in [5.74, 6) is 0.531. The molecule has 0 radical (unpaired) electrons. The van der Waals surface area contributed by atoms with Crippen molar-refractivity contribution in [3.05, 3.63) is 42.5 Å². The Morgan fingerprint density at radius 1 is 1.25 bits per heavy atom. The van der Waals surface area contributed by atoms with E-state index in [2.05, 4.69) is 6.58 Å². The van der Waals surface area contributed by atoms with Crippen LogP contribution in [0, 0.1) is 5.92 Å². The molecule has 4 heteroatoms. The van der Waals surface area contributed by atoms with Crippen LogP contribution in [-0.2, 0) is 20.9 Å². The van der Waals surface area contributed by atoms with E-state index in [0.29, 0.717) is 6.61 Å². The molecule has 0 amide bonds. The summed E-state index contributed by atoms with van der Waals surface area (Å²) in [6, 6.07) is 7.60. The maximum Gasteiger partial charge on any atom is 0.125 e. The molecule has 0 aliphatic heterocycles. The first kappa shape index (κ1) is 16.4. The monoisotopic (exact) mass is 278 g/mol. The molecule has 110 valence electrons. The van der Waals surface area contributed by atoms with Crippen LogP contribution in [0.25, 0.3) is 0 Å². The highest BCUT2D eigenvalue weighted by Gasteiger charge is 2.25. The lowest BCUT2D eigenvalue weighted by Crippen LogP contribution is -2.35. The molecule has 4 nitrogen and oxygen atoms in total. The van der Waals surface area contributed by atoms with E-state index in [9.17, 15) is 4.79 Å². The maximum atomic E-state index is 11.0. The number of ether oxygens (including phenoxy) is 3. The SMILES string of the molecule is C=C[C@H](OC)[C@@H](OCc1ccc(OC)cc1)[C@H](C)C=O. The number of hydrogen-bond acceptors (Lipinski definition) is 4. The van der Waals surface area contributed by atoms with E-state index in [-0.39, 0.29) is 18.1 Å². The second-order valence-electron chi connectivity index (χ2n) is 4.55. The number of hydrogen-bond donors (Lipinski definition) is 0. The number of methoxy groups -OCH3 is 2. The molecule has 1 aromatic rings. The third-order valence-corrected chi connectivity index (χ3v) is 3.16. The van der Waals surface area contributed by atoms with Crippen molar-refractivity contribution in [2.45, 2.75) is 25.7 Å². The van der Waals surface area contributed by atoms with Crippen LogP contribution in [0.2, 0.25) is 0 Å². The highest BCUT2D eigenvalue weighted by Crippen LogP contribution is 2.17. The van der Waals surface area contributed by atoms with Crippen LogP contribution < -0.4 is 4.74 Å². The average Bonchev–Trinajstić information content (AvgIpc) is 2.51. The van der Waals surface area contributed by atoms with Gasteiger partial charge in [-0.25, -0.2) is 0 Å². The fraction of sp³-hybridized carbons (Fsp3) is 0.438. The molecule has 1 rings (SSSR count). The first-order valence-corrected chi connectivity index (χ1v) is 6.51. The van der Waals surface area contributed by atoms with Gasteiger partial charge in [0.2, 0.25) is 0 Å². The number of benzene rings is 1. The molecule has 3 atom stereocenters. The number of carbonyl (C=O) groups excluding carboxylic acids is 1. The Morgan fingerprint density at radius 2 is 1.90 bits per heavy atom. The third-order valence-electron chi connectivity index (χ3n) is 3.16. The van der Waals surface area contributed by atoms with Gasteiger partial charge in [0.15, 0.2) is 0 Å². The minimum atomic E-state index is -0.350. The number of aldehydes is 1. The Morgan fingerprint density at radius 3 is 2.35 bits per heavy atom. The topological polar surface area (TPSA) is 44.8 Å². The molecular formula is C16H22O4. The Balaban J connectivity index is 2.69. The van der Waals surface area contributed by atoms with Crippen LogP contribution in [0.15, 0.2) is 36.9 Å². The fourth-order valence-corrected chi connectivity index (χ4v) is 1.90. The lowest BCUT2D eigenvalue weighted by Gasteiger charge is -2.26. The van der Waals surface area contributed by atoms with E-state index in [4.69, 9.17) is 14.2 Å². The highest BCUT2D eigenvalue weighted by molar-refractivity contribution is 5.54. The second kappa shape index (κ2) is 8.51. The van der Waals surface area contributed by atoms with Crippen molar-refractivity contribution in [3.63, 3.8) is 0 Å². The van der Waals surface area contributed by atoms with Gasteiger partial charge in [0.05, 0.1) is 19.8 Å². The van der Waals surface area contributed by atoms with Crippen molar-refractivity contribution in [1.82, 2.24) is 0 Å². The standard InChI is InChI=1S/C16H22O4/c1-5-15(19-4)16(12(2)10-17)20-11-13-6-8-14(18-3)9-7-13/h5-10,12,15-16H,1,11H2,2-4H3/t12-,15+,16+/m1/s1. The van der Waals surface area contributed by atoms with E-state index in [1.807, 2.05) is 24.3 Å². The van der Waals surface area contributed by atoms with Gasteiger partial charge >= 0.3 is 0 Å². The summed E-state index contributed by atoms with van der Waals surface area (Å²) in [5, 5.41) is 0. The van der Waals surface area contributed by atoms with Gasteiger partial charge in [-0.05, 0) is 17.7 Å². The van der Waals surface area contributed by atoms with Crippen LogP contribution in [0.1, 0.15) is 12.5 Å². The quantitative estimate of drug-likeness (QED) is 0.514. The molecule has 0 spiro atoms. The first-order valence-electron chi connectivity index (χ1n) is 6.51. The molecule has 0 aliphatic carbocycles. The maximum absolute atomic E-state index is 11.0. The summed E-state index contributed by atoms with van der Waals surface area (Å²) in [4.78, 5) is 11.0. The van der Waals surface area contributed by atoms with Crippen LogP contribution in [0.5, 0.6) is 5.75 Å². The summed E-state index contributed by atoms with van der Waals surface area (Å²) in [6.45, 7) is 5.92. The van der Waals surface area contributed by atoms with E-state index in [1.54, 1.807) is 27.2 Å². The summed E-state index contributed by atoms with van der Waals surface area (Å²) in [7, 11) is 3.20. The average molecular weight is 278 g/mol. The van der Waals surface area contributed by atoms with Gasteiger partial charge in [-0.3, -0.25) is 0 Å². The molecule has 1 aromatic carbocycles. The summed E-state index contributed by atoms with van der Waals surface area (Å²) in [5.41, 5.74) is 1.01. The summed E-state index contributed by atoms with van der Waals surface area (Å²) >= 11 is 0. The Hall–Kier alpha value is -1.65. The van der Waals surface area contributed by atoms with Crippen LogP contribution >= 0.6 is 0 Å². The molecule has 0 saturated carbocycles. The lowest BCUT2D eigenvalue weighted by molar-refractivity contribution is -0.121. The van der Waals surface area contributed by atoms with Crippen molar-refractivity contribution in [2.24, 2.45) is 5.92 Å². The van der Waals surface area contributed by atoms with Crippen molar-refractivity contribution in [2.75, 3.05) is 14.2 Å². The summed E-state index contributed by atoms with van der Waals surface area (Å²) in [6.07, 6.45) is 1.86. The molecule has 0 heterocycles. The zero-order chi connectivity index (χ0) is 15.0. The normalized spacial score (nSPS) is 15.2. The first-order chi connectivity index (χ1) is 9.65. The fourth-order valence-electron chi connectivity index (χ4n) is 1.90. The van der Waals surface area contributed by atoms with Gasteiger partial charge in [0, 0.05) is 13.0 Å². The molecule has 0 unspecified atom stereocenters. The zero-order valence-corrected chi connectivity index (χ0v) is 12.2. The largest absolute Gasteiger partial charge is 0.497 e. The smallest absolute Gasteiger partial charge is 0.125 e. The molecule has 0 aromatic heterocycles. The van der Waals surface area contributed by atoms with E-state index in [1.165, 1.54) is 0 Å². The second-order valence-corrected chi connectivity index (χ2v) is 4.55. The van der Waals surface area contributed by atoms with Crippen molar-refractivity contribution >= 4 is 6.29 Å². The molecular weight excluding hydrogens is 256 g/mol. The predicted octanol–water partition coefficient (Wildman–Crippen LogP) is 2.62. The molecule has 0 bridgehead atoms. The molecule has 0 saturated heterocycles. The number of rotatable bonds is 9. The third kappa shape index (κ3) is 4.47. The van der Waals surface area contributed by atoms with Gasteiger partial charge in [0.25, 0.3) is 0 Å². The highest BCUT2D eigenvalue weighted by atomic mass is 16.5. The van der Waals surface area contributed by atoms with Gasteiger partial charge in [-0.2, -0.15) is 0 Å². The van der Waals surface area contributed by atoms with Gasteiger partial charge in [-0.1, -0.05) is 25.1 Å². The molecule has 0 N–H and O–H groups in total. The van der Waals surface area contributed by atoms with Crippen molar-refractivity contribution < 1.29 is 19.0 Å². The van der Waals surface area contributed by atoms with Gasteiger partial charge < -0.3 is 19.0 Å². The van der Waals surface area contributed by atoms with Gasteiger partial charge in [-0.15, -0.1) is 6.58 Å². The van der Waals surface area contributed by atoms with Crippen molar-refractivity contribution in [3.8, 4) is 5.75 Å². The Kier molecular flexibility index (Phi) is 6.98. The molecule has 0 aliphatic rings. The Labute approximate surface area is 120 Å². The Bertz CT molecular complexity index is 413. The molecule has 0 fully saturated rings. The minimum Gasteiger partial charge on any atom is -0.497 e. The van der Waals surface area contributed by atoms with Crippen LogP contribution in [0.3, 0.4) is 0 Å².